The average Bonchev–Trinajstić information content (AvgIpc) is 3.12. The van der Waals surface area contributed by atoms with Crippen LogP contribution in [0.5, 0.6) is 0 Å². The van der Waals surface area contributed by atoms with Gasteiger partial charge in [-0.15, -0.1) is 0 Å². The number of benzene rings is 1. The molecule has 1 aromatic carbocycles. The van der Waals surface area contributed by atoms with Gasteiger partial charge in [0.2, 0.25) is 0 Å². The quantitative estimate of drug-likeness (QED) is 0.818. The fraction of sp³-hybridized carbons (Fsp3) is 0.625. The van der Waals surface area contributed by atoms with E-state index in [-0.39, 0.29) is 0 Å². The molecule has 1 nitrogen and oxygen atoms in total. The fourth-order valence-corrected chi connectivity index (χ4v) is 2.89. The van der Waals surface area contributed by atoms with Crippen molar-refractivity contribution in [3.63, 3.8) is 0 Å². The third-order valence-corrected chi connectivity index (χ3v) is 4.44. The Hall–Kier alpha value is -0.820. The summed E-state index contributed by atoms with van der Waals surface area (Å²) in [7, 11) is 2.11. The summed E-state index contributed by atoms with van der Waals surface area (Å²) in [6.45, 7) is 6.88. The molecule has 0 saturated heterocycles. The summed E-state index contributed by atoms with van der Waals surface area (Å²) in [5.74, 6) is 1.77. The minimum atomic E-state index is 0.627. The van der Waals surface area contributed by atoms with Crippen LogP contribution >= 0.6 is 0 Å². The predicted molar refractivity (Wildman–Crippen MR) is 74.4 cm³/mol. The molecule has 2 atom stereocenters. The van der Waals surface area contributed by atoms with Gasteiger partial charge in [0.1, 0.15) is 0 Å². The van der Waals surface area contributed by atoms with Crippen molar-refractivity contribution >= 4 is 0 Å². The molecule has 2 unspecified atom stereocenters. The van der Waals surface area contributed by atoms with E-state index in [9.17, 15) is 0 Å². The van der Waals surface area contributed by atoms with Crippen molar-refractivity contribution in [3.8, 4) is 0 Å². The molecular weight excluding hydrogens is 206 g/mol. The summed E-state index contributed by atoms with van der Waals surface area (Å²) < 4.78 is 0. The van der Waals surface area contributed by atoms with E-state index in [1.807, 2.05) is 0 Å². The summed E-state index contributed by atoms with van der Waals surface area (Å²) in [6, 6.07) is 7.25. The lowest BCUT2D eigenvalue weighted by molar-refractivity contribution is 0.357. The fourth-order valence-electron chi connectivity index (χ4n) is 2.89. The second-order valence-corrected chi connectivity index (χ2v) is 5.67. The molecule has 0 heterocycles. The van der Waals surface area contributed by atoms with Crippen LogP contribution in [-0.4, -0.2) is 13.1 Å². The van der Waals surface area contributed by atoms with E-state index < -0.39 is 0 Å². The van der Waals surface area contributed by atoms with Gasteiger partial charge in [-0.3, -0.25) is 0 Å². The van der Waals surface area contributed by atoms with Crippen molar-refractivity contribution in [1.29, 1.82) is 0 Å². The Morgan fingerprint density at radius 1 is 1.24 bits per heavy atom. The Kier molecular flexibility index (Phi) is 3.88. The van der Waals surface area contributed by atoms with Crippen LogP contribution in [-0.2, 0) is 6.42 Å². The molecule has 1 aliphatic rings. The highest BCUT2D eigenvalue weighted by Gasteiger charge is 2.32. The van der Waals surface area contributed by atoms with E-state index in [2.05, 4.69) is 51.3 Å². The molecule has 0 amide bonds. The highest BCUT2D eigenvalue weighted by molar-refractivity contribution is 5.34. The van der Waals surface area contributed by atoms with E-state index in [0.29, 0.717) is 6.04 Å². The second-order valence-electron chi connectivity index (χ2n) is 5.67. The van der Waals surface area contributed by atoms with Crippen LogP contribution in [0.2, 0.25) is 0 Å². The zero-order valence-electron chi connectivity index (χ0n) is 11.6. The van der Waals surface area contributed by atoms with Gasteiger partial charge in [-0.1, -0.05) is 25.1 Å². The van der Waals surface area contributed by atoms with Gasteiger partial charge in [0.05, 0.1) is 0 Å². The molecular formula is C16H25N. The number of hydrogen-bond acceptors (Lipinski definition) is 1. The van der Waals surface area contributed by atoms with Gasteiger partial charge in [0, 0.05) is 6.04 Å². The Labute approximate surface area is 106 Å². The lowest BCUT2D eigenvalue weighted by Gasteiger charge is -2.25. The monoisotopic (exact) mass is 231 g/mol. The van der Waals surface area contributed by atoms with Crippen LogP contribution in [0.25, 0.3) is 0 Å². The van der Waals surface area contributed by atoms with Crippen LogP contribution in [0.15, 0.2) is 18.2 Å². The van der Waals surface area contributed by atoms with Gasteiger partial charge in [-0.05, 0) is 68.7 Å². The lowest BCUT2D eigenvalue weighted by Crippen LogP contribution is -2.35. The summed E-state index contributed by atoms with van der Waals surface area (Å²) in [5, 5.41) is 3.53. The topological polar surface area (TPSA) is 12.0 Å². The van der Waals surface area contributed by atoms with E-state index in [4.69, 9.17) is 0 Å². The van der Waals surface area contributed by atoms with E-state index >= 15 is 0 Å². The molecule has 1 saturated carbocycles. The first-order valence-corrected chi connectivity index (χ1v) is 6.86. The van der Waals surface area contributed by atoms with E-state index in [1.54, 1.807) is 5.56 Å². The van der Waals surface area contributed by atoms with E-state index in [0.717, 1.165) is 11.8 Å². The number of nitrogens with one attached hydrogen (secondary N) is 1. The lowest BCUT2D eigenvalue weighted by atomic mass is 9.88. The summed E-state index contributed by atoms with van der Waals surface area (Å²) in [5.41, 5.74) is 4.42. The first kappa shape index (κ1) is 12.6. The maximum Gasteiger partial charge on any atom is 0.0133 e. The molecule has 1 N–H and O–H groups in total. The van der Waals surface area contributed by atoms with Gasteiger partial charge in [-0.25, -0.2) is 0 Å². The van der Waals surface area contributed by atoms with Crippen molar-refractivity contribution < 1.29 is 0 Å². The molecule has 1 aliphatic carbocycles. The first-order valence-electron chi connectivity index (χ1n) is 6.86. The zero-order valence-corrected chi connectivity index (χ0v) is 11.6. The minimum Gasteiger partial charge on any atom is -0.316 e. The number of likely N-dealkylation sites (N-methyl/N-ethyl adjacent to an activating group) is 1. The van der Waals surface area contributed by atoms with Crippen LogP contribution in [0.1, 0.15) is 36.5 Å². The standard InChI is InChI=1S/C16H25N/c1-11-6-5-7-12(2)15(11)10-16(17-4)13(3)14-8-9-14/h5-7,13-14,16-17H,8-10H2,1-4H3. The van der Waals surface area contributed by atoms with Gasteiger partial charge in [-0.2, -0.15) is 0 Å². The number of rotatable bonds is 5. The minimum absolute atomic E-state index is 0.627. The third-order valence-electron chi connectivity index (χ3n) is 4.44. The summed E-state index contributed by atoms with van der Waals surface area (Å²) in [4.78, 5) is 0. The summed E-state index contributed by atoms with van der Waals surface area (Å²) >= 11 is 0. The van der Waals surface area contributed by atoms with Gasteiger partial charge >= 0.3 is 0 Å². The molecule has 1 heteroatoms. The zero-order chi connectivity index (χ0) is 12.4. The first-order chi connectivity index (χ1) is 8.13. The normalized spacial score (nSPS) is 19.1. The summed E-state index contributed by atoms with van der Waals surface area (Å²) in [6.07, 6.45) is 4.05. The van der Waals surface area contributed by atoms with Gasteiger partial charge < -0.3 is 5.32 Å². The molecule has 0 bridgehead atoms. The van der Waals surface area contributed by atoms with Crippen LogP contribution in [0.4, 0.5) is 0 Å². The molecule has 0 aliphatic heterocycles. The molecule has 17 heavy (non-hydrogen) atoms. The average molecular weight is 231 g/mol. The molecule has 94 valence electrons. The van der Waals surface area contributed by atoms with Crippen LogP contribution in [0.3, 0.4) is 0 Å². The largest absolute Gasteiger partial charge is 0.316 e. The van der Waals surface area contributed by atoms with Crippen molar-refractivity contribution in [2.45, 2.75) is 46.1 Å². The maximum atomic E-state index is 3.53. The van der Waals surface area contributed by atoms with Crippen molar-refractivity contribution in [3.05, 3.63) is 34.9 Å². The molecule has 1 aromatic rings. The Bertz CT molecular complexity index is 359. The molecule has 2 rings (SSSR count). The number of aryl methyl sites for hydroxylation is 2. The van der Waals surface area contributed by atoms with Gasteiger partial charge in [0.25, 0.3) is 0 Å². The van der Waals surface area contributed by atoms with Crippen LogP contribution in [0, 0.1) is 25.7 Å². The smallest absolute Gasteiger partial charge is 0.0133 e. The molecule has 0 radical (unpaired) electrons. The third kappa shape index (κ3) is 2.90. The molecule has 0 spiro atoms. The Morgan fingerprint density at radius 3 is 2.29 bits per heavy atom. The van der Waals surface area contributed by atoms with Crippen LogP contribution < -0.4 is 5.32 Å². The van der Waals surface area contributed by atoms with Crippen molar-refractivity contribution in [1.82, 2.24) is 5.32 Å². The van der Waals surface area contributed by atoms with Crippen molar-refractivity contribution in [2.24, 2.45) is 11.8 Å². The highest BCUT2D eigenvalue weighted by atomic mass is 14.9. The molecule has 0 aromatic heterocycles. The number of hydrogen-bond donors (Lipinski definition) is 1. The van der Waals surface area contributed by atoms with E-state index in [1.165, 1.54) is 30.4 Å². The maximum absolute atomic E-state index is 3.53. The Balaban J connectivity index is 2.12. The highest BCUT2D eigenvalue weighted by Crippen LogP contribution is 2.39. The molecule has 1 fully saturated rings. The van der Waals surface area contributed by atoms with Crippen molar-refractivity contribution in [2.75, 3.05) is 7.05 Å². The predicted octanol–water partition coefficient (Wildman–Crippen LogP) is 3.48. The Morgan fingerprint density at radius 2 is 1.82 bits per heavy atom. The second kappa shape index (κ2) is 5.22. The van der Waals surface area contributed by atoms with Gasteiger partial charge in [0.15, 0.2) is 0 Å². The SMILES string of the molecule is CNC(Cc1c(C)cccc1C)C(C)C1CC1.